The standard InChI is InChI=1S/C18H23N2O8.C2H6.CH3.K/c1-19-4-5-20-17(23)13-6-11(9-26-10-21)2-3-14(13)27-16-8-12(22)7-15(28-16)18(24)25;1-2;;/h2-3,6,12,15-16,19,22H,4-5,7-9H2,1H3,(H,20,23)(H,24,25);1-2H3;1H3;/q-1;;-1;+1. The molecule has 4 N–H and O–H groups in total. The van der Waals surface area contributed by atoms with Crippen LogP contribution in [0.25, 0.3) is 0 Å². The van der Waals surface area contributed by atoms with Crippen LogP contribution in [0.3, 0.4) is 0 Å². The third kappa shape index (κ3) is 11.2. The predicted octanol–water partition coefficient (Wildman–Crippen LogP) is -1.97. The van der Waals surface area contributed by atoms with Crippen molar-refractivity contribution in [3.63, 3.8) is 0 Å². The van der Waals surface area contributed by atoms with Crippen LogP contribution in [0.4, 0.5) is 0 Å². The van der Waals surface area contributed by atoms with E-state index in [0.29, 0.717) is 18.7 Å². The number of rotatable bonds is 10. The van der Waals surface area contributed by atoms with E-state index in [-0.39, 0.29) is 89.6 Å². The van der Waals surface area contributed by atoms with Gasteiger partial charge in [-0.25, -0.2) is 4.79 Å². The Bertz CT molecular complexity index is 704. The Morgan fingerprint density at radius 1 is 1.25 bits per heavy atom. The maximum absolute atomic E-state index is 12.5. The van der Waals surface area contributed by atoms with Crippen molar-refractivity contribution < 1.29 is 90.2 Å². The molecular formula is C21H32KN2O8-. The van der Waals surface area contributed by atoms with Crippen LogP contribution in [0.15, 0.2) is 18.2 Å². The summed E-state index contributed by atoms with van der Waals surface area (Å²) in [7, 11) is 1.75. The zero-order valence-electron chi connectivity index (χ0n) is 19.3. The SMILES string of the molecule is CC.CNCCNC(=O)c1cc(CO[C-]=O)ccc1OC1CC(O)CC(C(=O)O)O1.[CH3-].[K+]. The van der Waals surface area contributed by atoms with E-state index >= 15 is 0 Å². The molecule has 3 unspecified atom stereocenters. The quantitative estimate of drug-likeness (QED) is 0.171. The Morgan fingerprint density at radius 3 is 2.53 bits per heavy atom. The molecule has 10 nitrogen and oxygen atoms in total. The molecule has 0 aromatic heterocycles. The fourth-order valence-corrected chi connectivity index (χ4v) is 2.69. The van der Waals surface area contributed by atoms with Gasteiger partial charge in [0, 0.05) is 25.9 Å². The Kier molecular flexibility index (Phi) is 19.0. The van der Waals surface area contributed by atoms with Crippen LogP contribution >= 0.6 is 0 Å². The molecule has 1 aromatic rings. The average molecular weight is 480 g/mol. The number of likely N-dealkylation sites (N-methyl/N-ethyl adjacent to an activating group) is 1. The molecule has 1 aromatic carbocycles. The molecule has 32 heavy (non-hydrogen) atoms. The smallest absolute Gasteiger partial charge is 0.650 e. The maximum atomic E-state index is 12.5. The summed E-state index contributed by atoms with van der Waals surface area (Å²) in [6.07, 6.45) is -3.10. The number of amides is 1. The maximum Gasteiger partial charge on any atom is 1.00 e. The van der Waals surface area contributed by atoms with Crippen molar-refractivity contribution in [2.45, 2.75) is 51.8 Å². The first-order valence-electron chi connectivity index (χ1n) is 9.72. The predicted molar refractivity (Wildman–Crippen MR) is 113 cm³/mol. The number of aliphatic hydroxyl groups excluding tert-OH is 1. The summed E-state index contributed by atoms with van der Waals surface area (Å²) in [6, 6.07) is 4.58. The monoisotopic (exact) mass is 479 g/mol. The van der Waals surface area contributed by atoms with Crippen LogP contribution in [0.5, 0.6) is 5.75 Å². The molecule has 176 valence electrons. The van der Waals surface area contributed by atoms with Gasteiger partial charge in [0.25, 0.3) is 5.91 Å². The number of benzene rings is 1. The van der Waals surface area contributed by atoms with E-state index < -0.39 is 30.4 Å². The number of hydrogen-bond acceptors (Lipinski definition) is 8. The molecule has 1 fully saturated rings. The largest absolute Gasteiger partial charge is 1.00 e. The molecule has 1 aliphatic rings. The molecule has 11 heteroatoms. The number of carbonyl (C=O) groups is 2. The van der Waals surface area contributed by atoms with Crippen molar-refractivity contribution in [2.75, 3.05) is 20.1 Å². The van der Waals surface area contributed by atoms with Gasteiger partial charge in [0.15, 0.2) is 6.10 Å². The van der Waals surface area contributed by atoms with E-state index in [1.807, 2.05) is 13.8 Å². The van der Waals surface area contributed by atoms with Crippen LogP contribution in [0.1, 0.15) is 42.6 Å². The van der Waals surface area contributed by atoms with Crippen molar-refractivity contribution in [1.82, 2.24) is 10.6 Å². The summed E-state index contributed by atoms with van der Waals surface area (Å²) in [6.45, 7) is 6.18. The molecular weight excluding hydrogens is 447 g/mol. The molecule has 1 amide bonds. The first-order valence-corrected chi connectivity index (χ1v) is 9.72. The molecule has 0 bridgehead atoms. The number of hydrogen-bond donors (Lipinski definition) is 4. The second-order valence-electron chi connectivity index (χ2n) is 6.20. The number of nitrogens with one attached hydrogen (secondary N) is 2. The summed E-state index contributed by atoms with van der Waals surface area (Å²) in [5.41, 5.74) is 0.709. The van der Waals surface area contributed by atoms with Gasteiger partial charge in [0.1, 0.15) is 5.75 Å². The Balaban J connectivity index is 0. The molecule has 0 radical (unpaired) electrons. The van der Waals surface area contributed by atoms with Crippen molar-refractivity contribution >= 4 is 18.3 Å². The van der Waals surface area contributed by atoms with Crippen molar-refractivity contribution in [2.24, 2.45) is 0 Å². The average Bonchev–Trinajstić information content (AvgIpc) is 2.74. The number of aliphatic carboxylic acids is 1. The fraction of sp³-hybridized carbons (Fsp3) is 0.524. The van der Waals surface area contributed by atoms with Gasteiger partial charge in [-0.15, -0.1) is 0 Å². The summed E-state index contributed by atoms with van der Waals surface area (Å²) >= 11 is 0. The number of ether oxygens (including phenoxy) is 3. The van der Waals surface area contributed by atoms with E-state index in [1.54, 1.807) is 13.1 Å². The third-order valence-electron chi connectivity index (χ3n) is 4.05. The van der Waals surface area contributed by atoms with Gasteiger partial charge in [-0.3, -0.25) is 4.79 Å². The minimum atomic E-state index is -1.20. The van der Waals surface area contributed by atoms with Crippen molar-refractivity contribution in [1.29, 1.82) is 0 Å². The molecule has 1 saturated heterocycles. The minimum Gasteiger partial charge on any atom is -0.650 e. The number of carboxylic acids is 1. The molecule has 2 rings (SSSR count). The van der Waals surface area contributed by atoms with Gasteiger partial charge in [0.05, 0.1) is 18.3 Å². The number of aliphatic hydroxyl groups is 1. The molecule has 0 aliphatic carbocycles. The number of carboxylic acid groups (broad SMARTS) is 1. The van der Waals surface area contributed by atoms with E-state index in [9.17, 15) is 19.5 Å². The first-order chi connectivity index (χ1) is 14.4. The van der Waals surface area contributed by atoms with Crippen LogP contribution in [-0.2, 0) is 25.7 Å². The normalized spacial score (nSPS) is 19.1. The molecule has 1 aliphatic heterocycles. The number of carbonyl (C=O) groups excluding carboxylic acids is 2. The van der Waals surface area contributed by atoms with Crippen LogP contribution in [-0.4, -0.2) is 67.2 Å². The Labute approximate surface area is 231 Å². The zero-order valence-corrected chi connectivity index (χ0v) is 22.5. The molecule has 0 saturated carbocycles. The second-order valence-corrected chi connectivity index (χ2v) is 6.20. The summed E-state index contributed by atoms with van der Waals surface area (Å²) < 4.78 is 15.6. The Hall–Kier alpha value is -1.05. The second kappa shape index (κ2) is 18.4. The van der Waals surface area contributed by atoms with Gasteiger partial charge >= 0.3 is 57.4 Å². The van der Waals surface area contributed by atoms with Gasteiger partial charge in [-0.05, 0) is 24.7 Å². The Morgan fingerprint density at radius 2 is 1.94 bits per heavy atom. The molecule has 0 spiro atoms. The zero-order chi connectivity index (χ0) is 22.5. The summed E-state index contributed by atoms with van der Waals surface area (Å²) in [4.78, 5) is 34.0. The summed E-state index contributed by atoms with van der Waals surface area (Å²) in [5, 5.41) is 24.6. The van der Waals surface area contributed by atoms with Crippen molar-refractivity contribution in [3.05, 3.63) is 36.8 Å². The van der Waals surface area contributed by atoms with E-state index in [0.717, 1.165) is 0 Å². The van der Waals surface area contributed by atoms with Crippen LogP contribution < -0.4 is 66.8 Å². The van der Waals surface area contributed by atoms with Crippen molar-refractivity contribution in [3.8, 4) is 5.75 Å². The van der Waals surface area contributed by atoms with Gasteiger partial charge < -0.3 is 47.3 Å². The fourth-order valence-electron chi connectivity index (χ4n) is 2.69. The van der Waals surface area contributed by atoms with Crippen LogP contribution in [0.2, 0.25) is 0 Å². The third-order valence-corrected chi connectivity index (χ3v) is 4.05. The van der Waals surface area contributed by atoms with Gasteiger partial charge in [-0.2, -0.15) is 0 Å². The van der Waals surface area contributed by atoms with Gasteiger partial charge in [-0.1, -0.05) is 26.4 Å². The van der Waals surface area contributed by atoms with Crippen LogP contribution in [0, 0.1) is 7.43 Å². The topological polar surface area (TPSA) is 143 Å². The molecule has 1 heterocycles. The van der Waals surface area contributed by atoms with Gasteiger partial charge in [0.2, 0.25) is 6.29 Å². The van der Waals surface area contributed by atoms with E-state index in [1.165, 1.54) is 18.6 Å². The van der Waals surface area contributed by atoms with E-state index in [4.69, 9.17) is 14.6 Å². The first kappa shape index (κ1) is 33.1. The minimum absolute atomic E-state index is 0. The molecule has 3 atom stereocenters. The van der Waals surface area contributed by atoms with E-state index in [2.05, 4.69) is 15.4 Å². The summed E-state index contributed by atoms with van der Waals surface area (Å²) in [5.74, 6) is -1.47.